The summed E-state index contributed by atoms with van der Waals surface area (Å²) < 4.78 is 30.6. The summed E-state index contributed by atoms with van der Waals surface area (Å²) >= 11 is 12.1. The van der Waals surface area contributed by atoms with Crippen molar-refractivity contribution < 1.29 is 52.7 Å². The molecule has 0 aromatic heterocycles. The molecule has 0 radical (unpaired) electrons. The summed E-state index contributed by atoms with van der Waals surface area (Å²) in [5.74, 6) is -2.93. The lowest BCUT2D eigenvalue weighted by atomic mass is 9.90. The number of alkyl halides is 2. The van der Waals surface area contributed by atoms with E-state index in [1.165, 1.54) is 0 Å². The number of aliphatic hydroxyl groups is 1. The first-order valence-electron chi connectivity index (χ1n) is 9.34. The first kappa shape index (κ1) is 25.6. The number of halogens is 2. The second kappa shape index (κ2) is 10.3. The number of hydrogen-bond donors (Lipinski definition) is 1. The van der Waals surface area contributed by atoms with Crippen molar-refractivity contribution >= 4 is 47.1 Å². The van der Waals surface area contributed by atoms with Crippen molar-refractivity contribution in [3.8, 4) is 0 Å². The number of esters is 4. The highest BCUT2D eigenvalue weighted by Gasteiger charge is 2.58. The van der Waals surface area contributed by atoms with Crippen molar-refractivity contribution in [3.05, 3.63) is 0 Å². The van der Waals surface area contributed by atoms with Gasteiger partial charge in [0.05, 0.1) is 12.2 Å². The maximum absolute atomic E-state index is 11.7. The van der Waals surface area contributed by atoms with Crippen LogP contribution in [0.15, 0.2) is 0 Å². The van der Waals surface area contributed by atoms with E-state index >= 15 is 0 Å². The minimum atomic E-state index is -1.65. The quantitative estimate of drug-likeness (QED) is 0.303. The van der Waals surface area contributed by atoms with E-state index in [9.17, 15) is 24.3 Å². The van der Waals surface area contributed by atoms with Crippen molar-refractivity contribution in [3.63, 3.8) is 0 Å². The zero-order valence-corrected chi connectivity index (χ0v) is 18.8. The Morgan fingerprint density at radius 2 is 1.42 bits per heavy atom. The van der Waals surface area contributed by atoms with Gasteiger partial charge in [0.2, 0.25) is 0 Å². The van der Waals surface area contributed by atoms with E-state index in [1.807, 2.05) is 0 Å². The van der Waals surface area contributed by atoms with Crippen molar-refractivity contribution in [1.82, 2.24) is 0 Å². The van der Waals surface area contributed by atoms with Crippen LogP contribution in [-0.4, -0.2) is 82.8 Å². The normalized spacial score (nSPS) is 34.1. The third kappa shape index (κ3) is 6.42. The molecule has 2 fully saturated rings. The van der Waals surface area contributed by atoms with Crippen LogP contribution < -0.4 is 0 Å². The first-order valence-corrected chi connectivity index (χ1v) is 10.1. The van der Waals surface area contributed by atoms with E-state index < -0.39 is 77.7 Å². The van der Waals surface area contributed by atoms with Crippen LogP contribution in [0.5, 0.6) is 0 Å². The number of hydrogen-bond acceptors (Lipinski definition) is 11. The lowest BCUT2D eigenvalue weighted by molar-refractivity contribution is -0.325. The molecular formula is C18H24Cl2O11. The first-order chi connectivity index (χ1) is 14.3. The Balaban J connectivity index is 2.38. The number of aliphatic hydroxyl groups excluding tert-OH is 1. The second-order valence-electron chi connectivity index (χ2n) is 7.12. The van der Waals surface area contributed by atoms with Gasteiger partial charge in [0.25, 0.3) is 0 Å². The van der Waals surface area contributed by atoms with Gasteiger partial charge in [-0.25, -0.2) is 0 Å². The Morgan fingerprint density at radius 1 is 0.903 bits per heavy atom. The molecule has 1 aliphatic carbocycles. The highest BCUT2D eigenvalue weighted by atomic mass is 35.5. The molecule has 0 unspecified atom stereocenters. The second-order valence-corrected chi connectivity index (χ2v) is 8.56. The molecule has 0 aromatic rings. The van der Waals surface area contributed by atoms with Crippen LogP contribution in [0.25, 0.3) is 0 Å². The van der Waals surface area contributed by atoms with E-state index in [0.717, 1.165) is 27.7 Å². The highest BCUT2D eigenvalue weighted by Crippen LogP contribution is 2.46. The van der Waals surface area contributed by atoms with Gasteiger partial charge < -0.3 is 33.5 Å². The van der Waals surface area contributed by atoms with Gasteiger partial charge in [0, 0.05) is 34.1 Å². The van der Waals surface area contributed by atoms with Crippen LogP contribution in [-0.2, 0) is 47.6 Å². The number of carbonyl (C=O) groups excluding carboxylic acids is 4. The molecule has 1 saturated carbocycles. The average Bonchev–Trinajstić information content (AvgIpc) is 2.63. The van der Waals surface area contributed by atoms with E-state index in [-0.39, 0.29) is 6.42 Å². The number of rotatable bonds is 7. The molecule has 13 heteroatoms. The fraction of sp³-hybridized carbons (Fsp3) is 0.778. The molecule has 1 saturated heterocycles. The van der Waals surface area contributed by atoms with Gasteiger partial charge in [-0.15, -0.1) is 0 Å². The molecular weight excluding hydrogens is 463 g/mol. The predicted octanol–water partition coefficient (Wildman–Crippen LogP) is 0.393. The van der Waals surface area contributed by atoms with Crippen LogP contribution in [0.3, 0.4) is 0 Å². The molecule has 31 heavy (non-hydrogen) atoms. The summed E-state index contributed by atoms with van der Waals surface area (Å²) in [5, 5.41) is 9.74. The topological polar surface area (TPSA) is 144 Å². The average molecular weight is 487 g/mol. The highest BCUT2D eigenvalue weighted by molar-refractivity contribution is 6.50. The Kier molecular flexibility index (Phi) is 8.51. The Labute approximate surface area is 188 Å². The lowest BCUT2D eigenvalue weighted by Crippen LogP contribution is -2.66. The van der Waals surface area contributed by atoms with E-state index in [0.29, 0.717) is 0 Å². The fourth-order valence-corrected chi connectivity index (χ4v) is 3.64. The van der Waals surface area contributed by atoms with Crippen LogP contribution >= 0.6 is 23.2 Å². The van der Waals surface area contributed by atoms with Crippen LogP contribution in [0, 0.1) is 0 Å². The Morgan fingerprint density at radius 3 is 1.87 bits per heavy atom. The van der Waals surface area contributed by atoms with Crippen molar-refractivity contribution in [1.29, 1.82) is 0 Å². The van der Waals surface area contributed by atoms with Crippen LogP contribution in [0.1, 0.15) is 34.1 Å². The summed E-state index contributed by atoms with van der Waals surface area (Å²) in [6.45, 7) is 4.09. The predicted molar refractivity (Wildman–Crippen MR) is 102 cm³/mol. The number of carbonyl (C=O) groups is 4. The smallest absolute Gasteiger partial charge is 0.303 e. The van der Waals surface area contributed by atoms with Gasteiger partial charge in [-0.3, -0.25) is 19.2 Å². The molecule has 1 aliphatic heterocycles. The zero-order chi connectivity index (χ0) is 23.5. The molecule has 0 spiro atoms. The van der Waals surface area contributed by atoms with Gasteiger partial charge in [-0.05, 0) is 0 Å². The molecule has 0 aromatic carbocycles. The Bertz CT molecular complexity index is 713. The molecule has 176 valence electrons. The van der Waals surface area contributed by atoms with Gasteiger partial charge in [0.15, 0.2) is 28.9 Å². The van der Waals surface area contributed by atoms with Gasteiger partial charge in [0.1, 0.15) is 12.7 Å². The molecule has 7 atom stereocenters. The standard InChI is InChI=1S/C18H24Cl2O11/c1-7(21)26-6-11-14(27-8(2)22)15(28-9(3)23)16(29-10(4)24)17(30-11)31-13-5-12(25)18(13,19)20/h11-17,25H,5-6H2,1-4H3/t11-,12-,13+,14-,15+,16-,17-/m1/s1. The van der Waals surface area contributed by atoms with Gasteiger partial charge >= 0.3 is 23.9 Å². The Hall–Kier alpha value is -1.66. The largest absolute Gasteiger partial charge is 0.463 e. The van der Waals surface area contributed by atoms with Crippen LogP contribution in [0.4, 0.5) is 0 Å². The SMILES string of the molecule is CC(=O)OC[C@H]1O[C@H](O[C@H]2C[C@@H](O)C2(Cl)Cl)[C@H](OC(C)=O)[C@@H](OC(C)=O)[C@@H]1OC(C)=O. The van der Waals surface area contributed by atoms with Gasteiger partial charge in [-0.2, -0.15) is 0 Å². The summed E-state index contributed by atoms with van der Waals surface area (Å²) in [7, 11) is 0. The summed E-state index contributed by atoms with van der Waals surface area (Å²) in [6.07, 6.45) is -8.54. The molecule has 0 amide bonds. The molecule has 0 bridgehead atoms. The van der Waals surface area contributed by atoms with Crippen molar-refractivity contribution in [2.24, 2.45) is 0 Å². The third-order valence-electron chi connectivity index (χ3n) is 4.56. The minimum absolute atomic E-state index is 0.0554. The molecule has 2 rings (SSSR count). The molecule has 11 nitrogen and oxygen atoms in total. The van der Waals surface area contributed by atoms with Crippen LogP contribution in [0.2, 0.25) is 0 Å². The fourth-order valence-electron chi connectivity index (χ4n) is 3.18. The molecule has 2 aliphatic rings. The molecule has 1 N–H and O–H groups in total. The summed E-state index contributed by atoms with van der Waals surface area (Å²) in [5.41, 5.74) is 0. The summed E-state index contributed by atoms with van der Waals surface area (Å²) in [6, 6.07) is 0. The van der Waals surface area contributed by atoms with E-state index in [4.69, 9.17) is 51.6 Å². The maximum Gasteiger partial charge on any atom is 0.303 e. The monoisotopic (exact) mass is 486 g/mol. The number of ether oxygens (including phenoxy) is 6. The van der Waals surface area contributed by atoms with E-state index in [2.05, 4.69) is 0 Å². The third-order valence-corrected chi connectivity index (χ3v) is 5.55. The lowest BCUT2D eigenvalue weighted by Gasteiger charge is -2.49. The van der Waals surface area contributed by atoms with Crippen molar-refractivity contribution in [2.45, 2.75) is 81.4 Å². The summed E-state index contributed by atoms with van der Waals surface area (Å²) in [4.78, 5) is 46.4. The maximum atomic E-state index is 11.7. The van der Waals surface area contributed by atoms with E-state index in [1.54, 1.807) is 0 Å². The zero-order valence-electron chi connectivity index (χ0n) is 17.2. The molecule has 1 heterocycles. The minimum Gasteiger partial charge on any atom is -0.463 e. The van der Waals surface area contributed by atoms with Gasteiger partial charge in [-0.1, -0.05) is 23.2 Å². The van der Waals surface area contributed by atoms with Crippen molar-refractivity contribution in [2.75, 3.05) is 6.61 Å².